The number of H-pyrrole nitrogens is 1. The molecule has 0 spiro atoms. The van der Waals surface area contributed by atoms with Gasteiger partial charge in [0.25, 0.3) is 0 Å². The molecular weight excluding hydrogens is 481 g/mol. The molecule has 0 unspecified atom stereocenters. The van der Waals surface area contributed by atoms with Crippen LogP contribution in [0.15, 0.2) is 18.3 Å². The lowest BCUT2D eigenvalue weighted by Crippen LogP contribution is -2.46. The highest BCUT2D eigenvalue weighted by Crippen LogP contribution is 2.37. The molecule has 1 aliphatic carbocycles. The highest BCUT2D eigenvalue weighted by molar-refractivity contribution is 5.73. The molecule has 36 heavy (non-hydrogen) atoms. The molecule has 1 aliphatic heterocycles. The van der Waals surface area contributed by atoms with Crippen molar-refractivity contribution in [3.63, 3.8) is 0 Å². The Labute approximate surface area is 206 Å². The normalized spacial score (nSPS) is 20.8. The van der Waals surface area contributed by atoms with Crippen molar-refractivity contribution < 1.29 is 32.6 Å². The Kier molecular flexibility index (Phi) is 9.10. The minimum Gasteiger partial charge on any atom is -0.475 e. The van der Waals surface area contributed by atoms with Crippen LogP contribution in [0.1, 0.15) is 44.2 Å². The summed E-state index contributed by atoms with van der Waals surface area (Å²) >= 11 is 0. The molecule has 2 aliphatic rings. The first-order chi connectivity index (χ1) is 17.1. The number of methoxy groups -OCH3 is 1. The topological polar surface area (TPSA) is 133 Å². The predicted molar refractivity (Wildman–Crippen MR) is 125 cm³/mol. The average Bonchev–Trinajstić information content (AvgIpc) is 3.36. The minimum atomic E-state index is -5.08. The number of piperidine rings is 1. The van der Waals surface area contributed by atoms with E-state index in [0.717, 1.165) is 24.5 Å². The molecule has 4 rings (SSSR count). The maximum absolute atomic E-state index is 12.4. The van der Waals surface area contributed by atoms with Gasteiger partial charge in [-0.2, -0.15) is 23.3 Å². The first kappa shape index (κ1) is 27.2. The Morgan fingerprint density at radius 1 is 1.17 bits per heavy atom. The second-order valence-electron chi connectivity index (χ2n) is 9.11. The largest absolute Gasteiger partial charge is 0.490 e. The van der Waals surface area contributed by atoms with Gasteiger partial charge in [0.15, 0.2) is 0 Å². The maximum atomic E-state index is 12.4. The third-order valence-electron chi connectivity index (χ3n) is 6.47. The third kappa shape index (κ3) is 7.56. The number of carboxylic acids is 1. The fraction of sp³-hybridized carbons (Fsp3) is 0.609. The Morgan fingerprint density at radius 3 is 2.44 bits per heavy atom. The van der Waals surface area contributed by atoms with E-state index in [2.05, 4.69) is 25.4 Å². The van der Waals surface area contributed by atoms with Gasteiger partial charge >= 0.3 is 18.1 Å². The smallest absolute Gasteiger partial charge is 0.475 e. The lowest BCUT2D eigenvalue weighted by Gasteiger charge is -2.41. The number of aryl methyl sites for hydroxylation is 1. The second-order valence-corrected chi connectivity index (χ2v) is 9.11. The van der Waals surface area contributed by atoms with E-state index in [1.165, 1.54) is 39.2 Å². The van der Waals surface area contributed by atoms with Gasteiger partial charge in [-0.25, -0.2) is 9.78 Å². The Bertz CT molecular complexity index is 1010. The number of aromatic nitrogens is 4. The van der Waals surface area contributed by atoms with Crippen LogP contribution in [0.5, 0.6) is 0 Å². The van der Waals surface area contributed by atoms with Crippen LogP contribution in [0.25, 0.3) is 0 Å². The van der Waals surface area contributed by atoms with E-state index in [1.807, 2.05) is 19.1 Å². The van der Waals surface area contributed by atoms with Crippen LogP contribution < -0.4 is 10.2 Å². The zero-order chi connectivity index (χ0) is 26.3. The number of rotatable bonds is 5. The van der Waals surface area contributed by atoms with Crippen LogP contribution in [-0.2, 0) is 14.3 Å². The van der Waals surface area contributed by atoms with E-state index in [9.17, 15) is 18.0 Å². The highest BCUT2D eigenvalue weighted by atomic mass is 19.4. The van der Waals surface area contributed by atoms with E-state index in [0.29, 0.717) is 30.1 Å². The number of ether oxygens (including phenoxy) is 1. The number of nitrogens with zero attached hydrogens (tertiary/aromatic N) is 4. The second kappa shape index (κ2) is 12.0. The molecule has 10 nitrogen and oxygen atoms in total. The van der Waals surface area contributed by atoms with Gasteiger partial charge in [0.1, 0.15) is 11.6 Å². The molecule has 13 heteroatoms. The van der Waals surface area contributed by atoms with E-state index < -0.39 is 12.1 Å². The first-order valence-corrected chi connectivity index (χ1v) is 11.8. The van der Waals surface area contributed by atoms with Crippen molar-refractivity contribution in [2.75, 3.05) is 30.4 Å². The average molecular weight is 513 g/mol. The van der Waals surface area contributed by atoms with Crippen molar-refractivity contribution in [3.05, 3.63) is 24.0 Å². The molecule has 1 saturated carbocycles. The Balaban J connectivity index is 0.000000454. The van der Waals surface area contributed by atoms with E-state index in [4.69, 9.17) is 19.6 Å². The molecule has 0 radical (unpaired) electrons. The molecule has 2 atom stereocenters. The van der Waals surface area contributed by atoms with Gasteiger partial charge in [-0.05, 0) is 25.2 Å². The summed E-state index contributed by atoms with van der Waals surface area (Å²) in [5, 5.41) is 17.2. The monoisotopic (exact) mass is 512 g/mol. The number of aromatic amines is 1. The number of hydrogen-bond donors (Lipinski definition) is 3. The molecule has 3 heterocycles. The Morgan fingerprint density at radius 2 is 1.86 bits per heavy atom. The summed E-state index contributed by atoms with van der Waals surface area (Å²) in [5.41, 5.74) is 0.881. The van der Waals surface area contributed by atoms with E-state index in [1.54, 1.807) is 6.20 Å². The molecule has 0 aromatic carbocycles. The number of hydrogen-bond acceptors (Lipinski definition) is 8. The van der Waals surface area contributed by atoms with Gasteiger partial charge in [-0.1, -0.05) is 32.1 Å². The van der Waals surface area contributed by atoms with Gasteiger partial charge in [0, 0.05) is 30.9 Å². The lowest BCUT2D eigenvalue weighted by molar-refractivity contribution is -0.192. The van der Waals surface area contributed by atoms with Gasteiger partial charge in [0.05, 0.1) is 19.2 Å². The van der Waals surface area contributed by atoms with Gasteiger partial charge < -0.3 is 20.1 Å². The van der Waals surface area contributed by atoms with Crippen LogP contribution in [-0.4, -0.2) is 63.6 Å². The maximum Gasteiger partial charge on any atom is 0.490 e. The zero-order valence-electron chi connectivity index (χ0n) is 20.2. The number of nitrogens with one attached hydrogen (secondary N) is 2. The van der Waals surface area contributed by atoms with Crippen LogP contribution in [0, 0.1) is 24.7 Å². The summed E-state index contributed by atoms with van der Waals surface area (Å²) < 4.78 is 36.8. The first-order valence-electron chi connectivity index (χ1n) is 11.8. The molecule has 1 saturated heterocycles. The molecule has 2 aromatic heterocycles. The summed E-state index contributed by atoms with van der Waals surface area (Å²) in [4.78, 5) is 32.9. The fourth-order valence-electron chi connectivity index (χ4n) is 4.81. The molecule has 0 bridgehead atoms. The number of esters is 1. The van der Waals surface area contributed by atoms with E-state index >= 15 is 0 Å². The summed E-state index contributed by atoms with van der Waals surface area (Å²) in [6, 6.07) is 3.76. The molecule has 2 aromatic rings. The minimum absolute atomic E-state index is 0.126. The van der Waals surface area contributed by atoms with Crippen molar-refractivity contribution >= 4 is 29.5 Å². The van der Waals surface area contributed by atoms with Crippen molar-refractivity contribution in [1.29, 1.82) is 0 Å². The summed E-state index contributed by atoms with van der Waals surface area (Å²) in [6.45, 7) is 3.46. The molecule has 198 valence electrons. The number of anilines is 3. The number of halogens is 3. The predicted octanol–water partition coefficient (Wildman–Crippen LogP) is 4.08. The summed E-state index contributed by atoms with van der Waals surface area (Å²) in [5.74, 6) is 0.292. The Hall–Kier alpha value is -3.38. The fourth-order valence-corrected chi connectivity index (χ4v) is 4.81. The standard InChI is InChI=1S/C21H30N6O2.C2HF3O2/c1-14-10-19(24-18-8-9-22-26-18)25-21(23-14)27-12-16(15-6-4-3-5-7-15)11-17(13-27)20(28)29-2;3-2(4,5)1(6)7/h8-10,15-17H,3-7,11-13H2,1-2H3,(H2,22,23,24,25,26);(H,6,7)/t16-,17+;/m1./s1. The quantitative estimate of drug-likeness (QED) is 0.507. The SMILES string of the molecule is COC(=O)[C@H]1C[C@@H](C2CCCCC2)CN(c2nc(C)cc(Nc3ccn[nH]3)n2)C1.O=C(O)C(F)(F)F. The van der Waals surface area contributed by atoms with E-state index in [-0.39, 0.29) is 11.9 Å². The van der Waals surface area contributed by atoms with Crippen molar-refractivity contribution in [2.45, 2.75) is 51.6 Å². The summed E-state index contributed by atoms with van der Waals surface area (Å²) in [7, 11) is 1.48. The molecule has 0 amide bonds. The van der Waals surface area contributed by atoms with Gasteiger partial charge in [0.2, 0.25) is 5.95 Å². The number of carbonyl (C=O) groups is 2. The van der Waals surface area contributed by atoms with Crippen LogP contribution in [0.2, 0.25) is 0 Å². The number of carboxylic acid groups (broad SMARTS) is 1. The zero-order valence-corrected chi connectivity index (χ0v) is 20.2. The molecule has 2 fully saturated rings. The number of aliphatic carboxylic acids is 1. The van der Waals surface area contributed by atoms with Crippen molar-refractivity contribution in [1.82, 2.24) is 20.2 Å². The third-order valence-corrected chi connectivity index (χ3v) is 6.47. The summed E-state index contributed by atoms with van der Waals surface area (Å²) in [6.07, 6.45) is 3.95. The number of carbonyl (C=O) groups excluding carboxylic acids is 1. The lowest BCUT2D eigenvalue weighted by atomic mass is 9.74. The molecular formula is C23H31F3N6O4. The van der Waals surface area contributed by atoms with Gasteiger partial charge in [-0.15, -0.1) is 0 Å². The van der Waals surface area contributed by atoms with Crippen LogP contribution >= 0.6 is 0 Å². The van der Waals surface area contributed by atoms with Crippen molar-refractivity contribution in [3.8, 4) is 0 Å². The highest BCUT2D eigenvalue weighted by Gasteiger charge is 2.38. The molecule has 3 N–H and O–H groups in total. The van der Waals surface area contributed by atoms with Crippen LogP contribution in [0.4, 0.5) is 30.8 Å². The van der Waals surface area contributed by atoms with Gasteiger partial charge in [-0.3, -0.25) is 9.89 Å². The van der Waals surface area contributed by atoms with Crippen LogP contribution in [0.3, 0.4) is 0 Å². The number of alkyl halides is 3. The van der Waals surface area contributed by atoms with Crippen molar-refractivity contribution in [2.24, 2.45) is 17.8 Å².